The molecule has 2 heterocycles. The van der Waals surface area contributed by atoms with Crippen molar-refractivity contribution in [2.24, 2.45) is 24.8 Å². The Balaban J connectivity index is 0.00000512. The number of fused-ring (bicyclic) bond motifs is 1. The first kappa shape index (κ1) is 28.4. The minimum absolute atomic E-state index is 0. The van der Waals surface area contributed by atoms with E-state index in [9.17, 15) is 0 Å². The summed E-state index contributed by atoms with van der Waals surface area (Å²) in [5.74, 6) is 3.12. The van der Waals surface area contributed by atoms with Crippen molar-refractivity contribution >= 4 is 17.0 Å². The highest BCUT2D eigenvalue weighted by atomic mass is 35.5. The van der Waals surface area contributed by atoms with Crippen molar-refractivity contribution < 1.29 is 17.0 Å². The summed E-state index contributed by atoms with van der Waals surface area (Å²) in [5, 5.41) is 0. The van der Waals surface area contributed by atoms with E-state index in [-0.39, 0.29) is 12.4 Å². The van der Waals surface area contributed by atoms with E-state index in [0.29, 0.717) is 5.82 Å². The first-order chi connectivity index (χ1) is 14.8. The van der Waals surface area contributed by atoms with Gasteiger partial charge in [0.05, 0.1) is 13.6 Å². The molecule has 0 radical (unpaired) electrons. The Labute approximate surface area is 202 Å². The largest absolute Gasteiger partial charge is 1.00 e. The van der Waals surface area contributed by atoms with Crippen molar-refractivity contribution in [3.05, 3.63) is 24.3 Å². The number of allylic oxidation sites excluding steroid dienone is 2. The Morgan fingerprint density at radius 2 is 1.59 bits per heavy atom. The van der Waals surface area contributed by atoms with Crippen molar-refractivity contribution in [3.63, 3.8) is 0 Å². The first-order valence-corrected chi connectivity index (χ1v) is 12.4. The van der Waals surface area contributed by atoms with E-state index in [1.165, 1.54) is 69.7 Å². The van der Waals surface area contributed by atoms with Crippen LogP contribution in [0.1, 0.15) is 92.4 Å². The van der Waals surface area contributed by atoms with Gasteiger partial charge in [-0.25, -0.2) is 4.57 Å². The van der Waals surface area contributed by atoms with Gasteiger partial charge in [-0.1, -0.05) is 89.3 Å². The molecule has 2 atom stereocenters. The monoisotopic (exact) mass is 463 g/mol. The third-order valence-electron chi connectivity index (χ3n) is 6.54. The Hall–Kier alpha value is -1.62. The molecule has 32 heavy (non-hydrogen) atoms. The molecule has 2 rings (SSSR count). The number of halogens is 1. The minimum atomic E-state index is 0. The zero-order valence-corrected chi connectivity index (χ0v) is 22.0. The number of nitrogens with two attached hydrogens (primary N) is 1. The van der Waals surface area contributed by atoms with E-state index >= 15 is 0 Å². The molecular formula is C26H46ClN5. The number of imidazole rings is 1. The molecule has 182 valence electrons. The number of nitrogen functional groups attached to an aromatic ring is 1. The summed E-state index contributed by atoms with van der Waals surface area (Å²) < 4.78 is 4.14. The molecule has 0 aromatic carbocycles. The number of nitrogens with zero attached hydrogens (tertiary/aromatic N) is 4. The second-order valence-corrected chi connectivity index (χ2v) is 10.2. The van der Waals surface area contributed by atoms with E-state index in [1.807, 2.05) is 17.9 Å². The van der Waals surface area contributed by atoms with Gasteiger partial charge in [0.15, 0.2) is 18.5 Å². The average molecular weight is 464 g/mol. The van der Waals surface area contributed by atoms with E-state index < -0.39 is 0 Å². The molecule has 5 nitrogen and oxygen atoms in total. The smallest absolute Gasteiger partial charge is 0.307 e. The van der Waals surface area contributed by atoms with Crippen molar-refractivity contribution in [3.8, 4) is 0 Å². The summed E-state index contributed by atoms with van der Waals surface area (Å²) >= 11 is 0. The van der Waals surface area contributed by atoms with Crippen molar-refractivity contribution in [2.45, 2.75) is 99.0 Å². The van der Waals surface area contributed by atoms with Crippen LogP contribution in [0.3, 0.4) is 0 Å². The number of rotatable bonds is 14. The van der Waals surface area contributed by atoms with Gasteiger partial charge < -0.3 is 18.1 Å². The number of hydrogen-bond acceptors (Lipinski definition) is 3. The Kier molecular flexibility index (Phi) is 12.9. The molecule has 0 spiro atoms. The molecule has 0 aliphatic heterocycles. The second-order valence-electron chi connectivity index (χ2n) is 10.2. The maximum atomic E-state index is 6.08. The Morgan fingerprint density at radius 3 is 2.22 bits per heavy atom. The zero-order valence-electron chi connectivity index (χ0n) is 21.3. The van der Waals surface area contributed by atoms with Gasteiger partial charge in [-0.3, -0.25) is 4.57 Å². The molecular weight excluding hydrogens is 418 g/mol. The summed E-state index contributed by atoms with van der Waals surface area (Å²) in [4.78, 5) is 8.49. The van der Waals surface area contributed by atoms with Crippen LogP contribution < -0.4 is 22.7 Å². The van der Waals surface area contributed by atoms with Crippen molar-refractivity contribution in [2.75, 3.05) is 5.73 Å². The number of hydrogen-bond donors (Lipinski definition) is 1. The van der Waals surface area contributed by atoms with Crippen LogP contribution in [0.25, 0.3) is 11.2 Å². The maximum Gasteiger partial charge on any atom is 0.307 e. The fraction of sp³-hybridized carbons (Fsp3) is 0.731. The highest BCUT2D eigenvalue weighted by Crippen LogP contribution is 2.22. The van der Waals surface area contributed by atoms with Gasteiger partial charge >= 0.3 is 5.65 Å². The van der Waals surface area contributed by atoms with E-state index in [0.717, 1.165) is 35.5 Å². The number of aromatic nitrogens is 4. The van der Waals surface area contributed by atoms with Crippen LogP contribution in [0.4, 0.5) is 5.82 Å². The van der Waals surface area contributed by atoms with Crippen LogP contribution in [-0.2, 0) is 13.6 Å². The fourth-order valence-corrected chi connectivity index (χ4v) is 4.44. The number of aryl methyl sites for hydroxylation is 1. The summed E-state index contributed by atoms with van der Waals surface area (Å²) in [7, 11) is 2.00. The molecule has 0 saturated carbocycles. The van der Waals surface area contributed by atoms with Gasteiger partial charge in [0, 0.05) is 0 Å². The van der Waals surface area contributed by atoms with Crippen molar-refractivity contribution in [1.29, 1.82) is 0 Å². The van der Waals surface area contributed by atoms with E-state index in [4.69, 9.17) is 5.73 Å². The zero-order chi connectivity index (χ0) is 22.8. The minimum Gasteiger partial charge on any atom is -1.00 e. The normalized spacial score (nSPS) is 14.0. The summed E-state index contributed by atoms with van der Waals surface area (Å²) in [6, 6.07) is 0. The highest BCUT2D eigenvalue weighted by molar-refractivity contribution is 5.79. The third kappa shape index (κ3) is 9.48. The first-order valence-electron chi connectivity index (χ1n) is 12.4. The molecule has 2 N–H and O–H groups in total. The molecule has 2 aromatic rings. The van der Waals surface area contributed by atoms with Crippen LogP contribution in [-0.4, -0.2) is 14.5 Å². The van der Waals surface area contributed by atoms with Crippen LogP contribution >= 0.6 is 0 Å². The van der Waals surface area contributed by atoms with E-state index in [2.05, 4.69) is 55.2 Å². The van der Waals surface area contributed by atoms with Crippen LogP contribution in [0.2, 0.25) is 0 Å². The average Bonchev–Trinajstić information content (AvgIpc) is 3.03. The maximum absolute atomic E-state index is 6.08. The van der Waals surface area contributed by atoms with Crippen molar-refractivity contribution in [1.82, 2.24) is 14.5 Å². The Morgan fingerprint density at radius 1 is 1.00 bits per heavy atom. The molecule has 6 heteroatoms. The van der Waals surface area contributed by atoms with E-state index in [1.54, 1.807) is 0 Å². The lowest BCUT2D eigenvalue weighted by molar-refractivity contribution is -0.647. The van der Waals surface area contributed by atoms with Crippen LogP contribution in [0.5, 0.6) is 0 Å². The molecule has 2 unspecified atom stereocenters. The molecule has 0 aliphatic carbocycles. The molecule has 0 bridgehead atoms. The SMILES string of the molecule is C/C(=C\Cn1c[n+](C)c2ncnc(N)c21)CCCC(C)CCCC(C)CCCC(C)C.[Cl-]. The lowest BCUT2D eigenvalue weighted by Crippen LogP contribution is -3.00. The van der Waals surface area contributed by atoms with Gasteiger partial charge in [0.2, 0.25) is 5.52 Å². The van der Waals surface area contributed by atoms with Gasteiger partial charge in [-0.05, 0) is 37.5 Å². The van der Waals surface area contributed by atoms with Gasteiger partial charge in [0.1, 0.15) is 0 Å². The lowest BCUT2D eigenvalue weighted by Gasteiger charge is -2.15. The molecule has 0 aliphatic rings. The predicted molar refractivity (Wildman–Crippen MR) is 132 cm³/mol. The predicted octanol–water partition coefficient (Wildman–Crippen LogP) is 3.23. The molecule has 0 saturated heterocycles. The van der Waals surface area contributed by atoms with Gasteiger partial charge in [-0.15, -0.1) is 0 Å². The number of anilines is 1. The van der Waals surface area contributed by atoms with Gasteiger partial charge in [-0.2, -0.15) is 4.98 Å². The summed E-state index contributed by atoms with van der Waals surface area (Å²) in [6.45, 7) is 12.6. The third-order valence-corrected chi connectivity index (χ3v) is 6.54. The van der Waals surface area contributed by atoms with Crippen LogP contribution in [0.15, 0.2) is 24.3 Å². The Bertz CT molecular complexity index is 827. The van der Waals surface area contributed by atoms with Crippen LogP contribution in [0, 0.1) is 17.8 Å². The lowest BCUT2D eigenvalue weighted by atomic mass is 9.91. The topological polar surface area (TPSA) is 60.6 Å². The second kappa shape index (κ2) is 14.5. The quantitative estimate of drug-likeness (QED) is 0.345. The molecule has 0 amide bonds. The van der Waals surface area contributed by atoms with Gasteiger partial charge in [0.25, 0.3) is 0 Å². The standard InChI is InChI=1S/C26H46N5.ClH/c1-20(2)10-7-11-21(3)12-8-13-22(4)14-9-15-23(5)16-17-31-19-30(6)26-24(31)25(27)28-18-29-26;/h16,18-22H,7-15,17H2,1-6H3,(H2,27,28,29);1H/q+1;/p-1/b23-16+;. The molecule has 0 fully saturated rings. The fourth-order valence-electron chi connectivity index (χ4n) is 4.44. The summed E-state index contributed by atoms with van der Waals surface area (Å²) in [6.07, 6.45) is 18.0. The summed E-state index contributed by atoms with van der Waals surface area (Å²) in [5.41, 5.74) is 9.32. The highest BCUT2D eigenvalue weighted by Gasteiger charge is 2.17. The molecule has 2 aromatic heterocycles.